The van der Waals surface area contributed by atoms with E-state index in [1.54, 1.807) is 12.1 Å². The predicted octanol–water partition coefficient (Wildman–Crippen LogP) is 2.80. The van der Waals surface area contributed by atoms with E-state index in [0.717, 1.165) is 32.5 Å². The molecule has 1 aromatic rings. The van der Waals surface area contributed by atoms with Gasteiger partial charge in [0.25, 0.3) is 5.91 Å². The number of nitrogens with zero attached hydrogens (tertiary/aromatic N) is 1. The highest BCUT2D eigenvalue weighted by atomic mass is 79.9. The monoisotopic (exact) mass is 328 g/mol. The molecule has 1 aliphatic rings. The van der Waals surface area contributed by atoms with Crippen molar-refractivity contribution in [1.82, 2.24) is 10.2 Å². The first-order chi connectivity index (χ1) is 9.11. The van der Waals surface area contributed by atoms with Crippen molar-refractivity contribution in [3.63, 3.8) is 0 Å². The molecule has 1 fully saturated rings. The van der Waals surface area contributed by atoms with Crippen LogP contribution >= 0.6 is 15.9 Å². The Morgan fingerprint density at radius 1 is 1.58 bits per heavy atom. The highest BCUT2D eigenvalue weighted by Crippen LogP contribution is 2.19. The lowest BCUT2D eigenvalue weighted by Crippen LogP contribution is -2.47. The minimum absolute atomic E-state index is 0.1000. The topological polar surface area (TPSA) is 32.3 Å². The summed E-state index contributed by atoms with van der Waals surface area (Å²) in [6.45, 7) is 5.02. The zero-order valence-corrected chi connectivity index (χ0v) is 12.5. The minimum Gasteiger partial charge on any atom is -0.348 e. The standard InChI is InChI=1S/C14H18BrFN2O/c1-2-18-8-4-5-10(9-18)17-14(19)11-6-3-7-12(15)13(11)16/h3,6-7,10H,2,4-5,8-9H2,1H3,(H,17,19). The van der Waals surface area contributed by atoms with Crippen LogP contribution in [-0.4, -0.2) is 36.5 Å². The molecule has 0 bridgehead atoms. The Balaban J connectivity index is 2.02. The van der Waals surface area contributed by atoms with E-state index < -0.39 is 5.82 Å². The van der Waals surface area contributed by atoms with Gasteiger partial charge in [-0.15, -0.1) is 0 Å². The number of rotatable bonds is 3. The highest BCUT2D eigenvalue weighted by molar-refractivity contribution is 9.10. The van der Waals surface area contributed by atoms with Crippen molar-refractivity contribution in [1.29, 1.82) is 0 Å². The van der Waals surface area contributed by atoms with Crippen LogP contribution in [0.2, 0.25) is 0 Å². The van der Waals surface area contributed by atoms with Crippen LogP contribution in [0.25, 0.3) is 0 Å². The Labute approximate surface area is 121 Å². The normalized spacial score (nSPS) is 20.3. The van der Waals surface area contributed by atoms with Gasteiger partial charge in [-0.1, -0.05) is 13.0 Å². The summed E-state index contributed by atoms with van der Waals surface area (Å²) in [6.07, 6.45) is 2.03. The van der Waals surface area contributed by atoms with E-state index in [2.05, 4.69) is 33.1 Å². The molecule has 0 aromatic heterocycles. The van der Waals surface area contributed by atoms with Crippen LogP contribution in [0.4, 0.5) is 4.39 Å². The number of hydrogen-bond acceptors (Lipinski definition) is 2. The Hall–Kier alpha value is -0.940. The van der Waals surface area contributed by atoms with Gasteiger partial charge in [0.05, 0.1) is 10.0 Å². The molecule has 0 saturated carbocycles. The van der Waals surface area contributed by atoms with Crippen LogP contribution in [0.1, 0.15) is 30.1 Å². The largest absolute Gasteiger partial charge is 0.348 e. The second-order valence-corrected chi connectivity index (χ2v) is 5.66. The summed E-state index contributed by atoms with van der Waals surface area (Å²) in [6, 6.07) is 4.88. The van der Waals surface area contributed by atoms with Crippen molar-refractivity contribution < 1.29 is 9.18 Å². The molecule has 1 atom stereocenters. The maximum absolute atomic E-state index is 13.8. The van der Waals surface area contributed by atoms with Crippen LogP contribution in [0.15, 0.2) is 22.7 Å². The smallest absolute Gasteiger partial charge is 0.254 e. The molecule has 104 valence electrons. The van der Waals surface area contributed by atoms with Gasteiger partial charge in [0.15, 0.2) is 0 Å². The van der Waals surface area contributed by atoms with Crippen molar-refractivity contribution >= 4 is 21.8 Å². The van der Waals surface area contributed by atoms with Crippen LogP contribution in [0, 0.1) is 5.82 Å². The summed E-state index contributed by atoms with van der Waals surface area (Å²) in [5, 5.41) is 2.93. The molecule has 1 heterocycles. The van der Waals surface area contributed by atoms with Crippen LogP contribution in [0.5, 0.6) is 0 Å². The third kappa shape index (κ3) is 3.54. The first-order valence-electron chi connectivity index (χ1n) is 6.59. The SMILES string of the molecule is CCN1CCCC(NC(=O)c2cccc(Br)c2F)C1. The maximum Gasteiger partial charge on any atom is 0.254 e. The molecular formula is C14H18BrFN2O. The number of carbonyl (C=O) groups is 1. The summed E-state index contributed by atoms with van der Waals surface area (Å²) in [5.41, 5.74) is 0.1000. The quantitative estimate of drug-likeness (QED) is 0.925. The summed E-state index contributed by atoms with van der Waals surface area (Å²) >= 11 is 3.10. The second-order valence-electron chi connectivity index (χ2n) is 4.81. The van der Waals surface area contributed by atoms with Crippen LogP contribution in [-0.2, 0) is 0 Å². The lowest BCUT2D eigenvalue weighted by Gasteiger charge is -2.32. The minimum atomic E-state index is -0.497. The van der Waals surface area contributed by atoms with E-state index in [1.807, 2.05) is 0 Å². The zero-order chi connectivity index (χ0) is 13.8. The number of carbonyl (C=O) groups excluding carboxylic acids is 1. The average Bonchev–Trinajstić information content (AvgIpc) is 2.42. The number of benzene rings is 1. The van der Waals surface area contributed by atoms with Gasteiger partial charge in [0.1, 0.15) is 5.82 Å². The van der Waals surface area contributed by atoms with Gasteiger partial charge in [-0.25, -0.2) is 4.39 Å². The molecule has 19 heavy (non-hydrogen) atoms. The summed E-state index contributed by atoms with van der Waals surface area (Å²) < 4.78 is 14.1. The lowest BCUT2D eigenvalue weighted by molar-refractivity contribution is 0.0901. The van der Waals surface area contributed by atoms with Crippen molar-refractivity contribution in [3.8, 4) is 0 Å². The van der Waals surface area contributed by atoms with Gasteiger partial charge < -0.3 is 10.2 Å². The van der Waals surface area contributed by atoms with E-state index in [1.165, 1.54) is 6.07 Å². The number of hydrogen-bond donors (Lipinski definition) is 1. The number of halogens is 2. The molecule has 1 N–H and O–H groups in total. The molecule has 0 aliphatic carbocycles. The fraction of sp³-hybridized carbons (Fsp3) is 0.500. The number of likely N-dealkylation sites (N-methyl/N-ethyl adjacent to an activating group) is 1. The van der Waals surface area contributed by atoms with Crippen molar-refractivity contribution in [2.24, 2.45) is 0 Å². The number of likely N-dealkylation sites (tertiary alicyclic amines) is 1. The fourth-order valence-electron chi connectivity index (χ4n) is 2.40. The van der Waals surface area contributed by atoms with Gasteiger partial charge in [-0.3, -0.25) is 4.79 Å². The number of nitrogens with one attached hydrogen (secondary N) is 1. The molecular weight excluding hydrogens is 311 g/mol. The van der Waals surface area contributed by atoms with E-state index in [-0.39, 0.29) is 17.5 Å². The average molecular weight is 329 g/mol. The van der Waals surface area contributed by atoms with E-state index in [0.29, 0.717) is 4.47 Å². The fourth-order valence-corrected chi connectivity index (χ4v) is 2.77. The molecule has 1 saturated heterocycles. The number of piperidine rings is 1. The molecule has 5 heteroatoms. The lowest BCUT2D eigenvalue weighted by atomic mass is 10.1. The summed E-state index contributed by atoms with van der Waals surface area (Å²) in [7, 11) is 0. The number of amides is 1. The van der Waals surface area contributed by atoms with E-state index in [9.17, 15) is 9.18 Å². The molecule has 1 aromatic carbocycles. The molecule has 2 rings (SSSR count). The second kappa shape index (κ2) is 6.48. The van der Waals surface area contributed by atoms with Crippen molar-refractivity contribution in [3.05, 3.63) is 34.1 Å². The molecule has 0 radical (unpaired) electrons. The van der Waals surface area contributed by atoms with E-state index in [4.69, 9.17) is 0 Å². The first kappa shape index (κ1) is 14.5. The Kier molecular flexibility index (Phi) is 4.93. The summed E-state index contributed by atoms with van der Waals surface area (Å²) in [5.74, 6) is -0.829. The van der Waals surface area contributed by atoms with Gasteiger partial charge >= 0.3 is 0 Å². The van der Waals surface area contributed by atoms with Gasteiger partial charge in [-0.05, 0) is 54.0 Å². The van der Waals surface area contributed by atoms with Crippen LogP contribution < -0.4 is 5.32 Å². The van der Waals surface area contributed by atoms with Gasteiger partial charge in [-0.2, -0.15) is 0 Å². The molecule has 1 aliphatic heterocycles. The Morgan fingerprint density at radius 3 is 3.11 bits per heavy atom. The molecule has 1 amide bonds. The highest BCUT2D eigenvalue weighted by Gasteiger charge is 2.22. The van der Waals surface area contributed by atoms with Crippen molar-refractivity contribution in [2.75, 3.05) is 19.6 Å². The zero-order valence-electron chi connectivity index (χ0n) is 11.0. The molecule has 0 spiro atoms. The molecule has 1 unspecified atom stereocenters. The Morgan fingerprint density at radius 2 is 2.37 bits per heavy atom. The predicted molar refractivity (Wildman–Crippen MR) is 76.7 cm³/mol. The maximum atomic E-state index is 13.8. The van der Waals surface area contributed by atoms with Gasteiger partial charge in [0, 0.05) is 12.6 Å². The Bertz CT molecular complexity index is 467. The van der Waals surface area contributed by atoms with Crippen molar-refractivity contribution in [2.45, 2.75) is 25.8 Å². The third-order valence-electron chi connectivity index (χ3n) is 3.48. The van der Waals surface area contributed by atoms with Crippen LogP contribution in [0.3, 0.4) is 0 Å². The van der Waals surface area contributed by atoms with E-state index >= 15 is 0 Å². The third-order valence-corrected chi connectivity index (χ3v) is 4.10. The molecule has 3 nitrogen and oxygen atoms in total. The van der Waals surface area contributed by atoms with Gasteiger partial charge in [0.2, 0.25) is 0 Å². The first-order valence-corrected chi connectivity index (χ1v) is 7.38. The summed E-state index contributed by atoms with van der Waals surface area (Å²) in [4.78, 5) is 14.4.